The highest BCUT2D eigenvalue weighted by atomic mass is 32.1. The Morgan fingerprint density at radius 2 is 1.93 bits per heavy atom. The van der Waals surface area contributed by atoms with E-state index in [0.717, 1.165) is 6.92 Å². The summed E-state index contributed by atoms with van der Waals surface area (Å²) in [7, 11) is 3.42. The zero-order valence-corrected chi connectivity index (χ0v) is 16.4. The van der Waals surface area contributed by atoms with Crippen LogP contribution in [0.25, 0.3) is 0 Å². The van der Waals surface area contributed by atoms with Crippen LogP contribution in [-0.2, 0) is 10.7 Å². The van der Waals surface area contributed by atoms with Crippen molar-refractivity contribution in [2.24, 2.45) is 10.7 Å². The molecule has 1 aromatic carbocycles. The fourth-order valence-corrected chi connectivity index (χ4v) is 3.59. The molecule has 3 N–H and O–H groups in total. The van der Waals surface area contributed by atoms with Crippen LogP contribution in [-0.4, -0.2) is 36.3 Å². The van der Waals surface area contributed by atoms with Crippen LogP contribution in [0.1, 0.15) is 40.5 Å². The number of nitrogens with two attached hydrogens (primary N) is 1. The fraction of sp³-hybridized carbons (Fsp3) is 0.368. The van der Waals surface area contributed by atoms with Crippen molar-refractivity contribution in [3.05, 3.63) is 51.2 Å². The highest BCUT2D eigenvalue weighted by molar-refractivity contribution is 7.10. The quantitative estimate of drug-likeness (QED) is 0.443. The molecule has 0 aliphatic carbocycles. The maximum Gasteiger partial charge on any atom is 0.270 e. The van der Waals surface area contributed by atoms with Crippen LogP contribution in [0.5, 0.6) is 5.75 Å². The normalized spacial score (nSPS) is 14.7. The molecule has 0 radical (unpaired) electrons. The first-order valence-electron chi connectivity index (χ1n) is 8.27. The van der Waals surface area contributed by atoms with Gasteiger partial charge in [0.05, 0.1) is 10.8 Å². The molecule has 146 valence electrons. The Hall–Kier alpha value is -2.48. The third-order valence-electron chi connectivity index (χ3n) is 4.26. The maximum atomic E-state index is 13.5. The van der Waals surface area contributed by atoms with Crippen molar-refractivity contribution in [2.75, 3.05) is 14.1 Å². The van der Waals surface area contributed by atoms with Crippen LogP contribution in [0.15, 0.2) is 34.6 Å². The van der Waals surface area contributed by atoms with Gasteiger partial charge >= 0.3 is 0 Å². The molecule has 0 fully saturated rings. The van der Waals surface area contributed by atoms with Gasteiger partial charge in [-0.05, 0) is 17.9 Å². The Morgan fingerprint density at radius 3 is 2.33 bits per heavy atom. The molecule has 1 heterocycles. The first-order chi connectivity index (χ1) is 12.6. The Kier molecular flexibility index (Phi) is 6.20. The third-order valence-corrected chi connectivity index (χ3v) is 5.42. The molecule has 8 heteroatoms. The topological polar surface area (TPSA) is 78.9 Å². The average molecular weight is 395 g/mol. The zero-order valence-electron chi connectivity index (χ0n) is 15.6. The summed E-state index contributed by atoms with van der Waals surface area (Å²) in [5.74, 6) is -3.50. The van der Waals surface area contributed by atoms with Crippen LogP contribution in [0.3, 0.4) is 0 Å². The average Bonchev–Trinajstić information content (AvgIpc) is 2.93. The molecule has 0 saturated carbocycles. The van der Waals surface area contributed by atoms with E-state index in [1.54, 1.807) is 31.3 Å². The van der Waals surface area contributed by atoms with Crippen molar-refractivity contribution in [1.29, 1.82) is 0 Å². The predicted molar refractivity (Wildman–Crippen MR) is 104 cm³/mol. The molecule has 0 bridgehead atoms. The molecular weight excluding hydrogens is 372 g/mol. The van der Waals surface area contributed by atoms with Gasteiger partial charge in [0.2, 0.25) is 0 Å². The summed E-state index contributed by atoms with van der Waals surface area (Å²) in [6, 6.07) is 4.79. The van der Waals surface area contributed by atoms with Gasteiger partial charge < -0.3 is 20.5 Å². The molecular formula is C19H23F2N3O2S. The van der Waals surface area contributed by atoms with E-state index in [1.807, 2.05) is 0 Å². The third kappa shape index (κ3) is 4.63. The second kappa shape index (κ2) is 8.04. The molecule has 27 heavy (non-hydrogen) atoms. The summed E-state index contributed by atoms with van der Waals surface area (Å²) in [5.41, 5.74) is 6.99. The lowest BCUT2D eigenvalue weighted by molar-refractivity contribution is -0.109. The standard InChI is InChI=1S/C19H23F2N3O2S/c1-11-10-27-17(16(11)26)15(23-18(22)24(3)4)14(9-25)12-5-7-13(8-6-12)19(2,20)21/h5-10,14-15,26H,1-4H3,(H2,22,23). The number of rotatable bonds is 6. The van der Waals surface area contributed by atoms with Gasteiger partial charge in [-0.25, -0.2) is 13.8 Å². The lowest BCUT2D eigenvalue weighted by Gasteiger charge is -2.22. The molecule has 0 amide bonds. The maximum absolute atomic E-state index is 13.5. The van der Waals surface area contributed by atoms with Crippen LogP contribution >= 0.6 is 11.3 Å². The van der Waals surface area contributed by atoms with E-state index in [1.165, 1.54) is 35.6 Å². The summed E-state index contributed by atoms with van der Waals surface area (Å²) < 4.78 is 26.9. The Labute approximate surface area is 161 Å². The van der Waals surface area contributed by atoms with E-state index in [2.05, 4.69) is 4.99 Å². The van der Waals surface area contributed by atoms with Crippen LogP contribution < -0.4 is 5.73 Å². The lowest BCUT2D eigenvalue weighted by atomic mass is 9.90. The molecule has 2 unspecified atom stereocenters. The number of benzene rings is 1. The van der Waals surface area contributed by atoms with Crippen LogP contribution in [0.4, 0.5) is 8.78 Å². The summed E-state index contributed by atoms with van der Waals surface area (Å²) in [6.07, 6.45) is 0.699. The number of aromatic hydroxyl groups is 1. The van der Waals surface area contributed by atoms with Crippen molar-refractivity contribution in [3.63, 3.8) is 0 Å². The summed E-state index contributed by atoms with van der Waals surface area (Å²) in [4.78, 5) is 18.4. The van der Waals surface area contributed by atoms with Crippen LogP contribution in [0.2, 0.25) is 0 Å². The highest BCUT2D eigenvalue weighted by Crippen LogP contribution is 2.42. The van der Waals surface area contributed by atoms with E-state index in [-0.39, 0.29) is 17.3 Å². The van der Waals surface area contributed by atoms with Crippen molar-refractivity contribution < 1.29 is 18.7 Å². The van der Waals surface area contributed by atoms with Crippen molar-refractivity contribution in [1.82, 2.24) is 4.90 Å². The van der Waals surface area contributed by atoms with E-state index in [4.69, 9.17) is 5.73 Å². The van der Waals surface area contributed by atoms with Gasteiger partial charge in [-0.15, -0.1) is 11.3 Å². The summed E-state index contributed by atoms with van der Waals surface area (Å²) in [5, 5.41) is 12.1. The number of carbonyl (C=O) groups is 1. The zero-order chi connectivity index (χ0) is 20.4. The monoisotopic (exact) mass is 395 g/mol. The van der Waals surface area contributed by atoms with Crippen molar-refractivity contribution in [2.45, 2.75) is 31.7 Å². The molecule has 0 aliphatic heterocycles. The number of hydrogen-bond donors (Lipinski definition) is 2. The Morgan fingerprint density at radius 1 is 1.33 bits per heavy atom. The Bertz CT molecular complexity index is 826. The minimum Gasteiger partial charge on any atom is -0.506 e. The second-order valence-electron chi connectivity index (χ2n) is 6.63. The molecule has 2 aromatic rings. The molecule has 5 nitrogen and oxygen atoms in total. The smallest absolute Gasteiger partial charge is 0.270 e. The van der Waals surface area contributed by atoms with Gasteiger partial charge in [0.15, 0.2) is 5.96 Å². The SMILES string of the molecule is Cc1csc(C(N=C(N)N(C)C)C(C=O)c2ccc(C(C)(F)F)cc2)c1O. The fourth-order valence-electron chi connectivity index (χ4n) is 2.56. The number of guanidine groups is 1. The predicted octanol–water partition coefficient (Wildman–Crippen LogP) is 3.77. The number of thiophene rings is 1. The van der Waals surface area contributed by atoms with Gasteiger partial charge in [-0.2, -0.15) is 0 Å². The van der Waals surface area contributed by atoms with Gasteiger partial charge in [-0.1, -0.05) is 24.3 Å². The molecule has 2 atom stereocenters. The van der Waals surface area contributed by atoms with Crippen molar-refractivity contribution >= 4 is 23.6 Å². The molecule has 0 spiro atoms. The number of aryl methyl sites for hydroxylation is 1. The number of aliphatic imine (C=N–C) groups is 1. The summed E-state index contributed by atoms with van der Waals surface area (Å²) in [6.45, 7) is 2.57. The molecule has 0 aliphatic rings. The highest BCUT2D eigenvalue weighted by Gasteiger charge is 2.30. The number of nitrogens with zero attached hydrogens (tertiary/aromatic N) is 2. The van der Waals surface area contributed by atoms with E-state index in [0.29, 0.717) is 22.3 Å². The minimum atomic E-state index is -2.97. The van der Waals surface area contributed by atoms with E-state index >= 15 is 0 Å². The number of hydrogen-bond acceptors (Lipinski definition) is 4. The molecule has 2 rings (SSSR count). The van der Waals surface area contributed by atoms with Gasteiger partial charge in [0.1, 0.15) is 18.1 Å². The Balaban J connectivity index is 2.53. The minimum absolute atomic E-state index is 0.0591. The first-order valence-corrected chi connectivity index (χ1v) is 9.15. The van der Waals surface area contributed by atoms with Crippen LogP contribution in [0, 0.1) is 6.92 Å². The van der Waals surface area contributed by atoms with Gasteiger partial charge in [0, 0.05) is 32.1 Å². The van der Waals surface area contributed by atoms with E-state index in [9.17, 15) is 18.7 Å². The largest absolute Gasteiger partial charge is 0.506 e. The van der Waals surface area contributed by atoms with Gasteiger partial charge in [0.25, 0.3) is 5.92 Å². The molecule has 0 saturated heterocycles. The molecule has 1 aromatic heterocycles. The number of halogens is 2. The van der Waals surface area contributed by atoms with Crippen molar-refractivity contribution in [3.8, 4) is 5.75 Å². The number of carbonyl (C=O) groups excluding carboxylic acids is 1. The number of alkyl halides is 2. The van der Waals surface area contributed by atoms with E-state index < -0.39 is 17.9 Å². The first kappa shape index (κ1) is 20.8. The van der Waals surface area contributed by atoms with Gasteiger partial charge in [-0.3, -0.25) is 0 Å². The summed E-state index contributed by atoms with van der Waals surface area (Å²) >= 11 is 1.27. The lowest BCUT2D eigenvalue weighted by Crippen LogP contribution is -2.31. The second-order valence-corrected chi connectivity index (χ2v) is 7.54. The number of aldehydes is 1.